The number of hydrogen-bond acceptors (Lipinski definition) is 4. The van der Waals surface area contributed by atoms with E-state index in [1.807, 2.05) is 0 Å². The van der Waals surface area contributed by atoms with Crippen molar-refractivity contribution in [2.45, 2.75) is 13.5 Å². The van der Waals surface area contributed by atoms with Crippen molar-refractivity contribution >= 4 is 12.0 Å². The van der Waals surface area contributed by atoms with E-state index >= 15 is 0 Å². The van der Waals surface area contributed by atoms with Gasteiger partial charge in [0.05, 0.1) is 12.5 Å². The second kappa shape index (κ2) is 5.07. The number of urea groups is 1. The summed E-state index contributed by atoms with van der Waals surface area (Å²) in [4.78, 5) is 24.0. The first-order valence-corrected chi connectivity index (χ1v) is 5.72. The SMILES string of the molecule is CC(C(=O)O)C1CN(C(=O)NCc2ccon2)C1. The third kappa shape index (κ3) is 2.61. The van der Waals surface area contributed by atoms with E-state index in [4.69, 9.17) is 5.11 Å². The lowest BCUT2D eigenvalue weighted by Gasteiger charge is -2.40. The lowest BCUT2D eigenvalue weighted by atomic mass is 9.87. The molecule has 1 aromatic rings. The smallest absolute Gasteiger partial charge is 0.317 e. The van der Waals surface area contributed by atoms with Crippen LogP contribution < -0.4 is 5.32 Å². The number of carboxylic acids is 1. The van der Waals surface area contributed by atoms with Gasteiger partial charge in [-0.3, -0.25) is 4.79 Å². The molecule has 0 aromatic carbocycles. The lowest BCUT2D eigenvalue weighted by Crippen LogP contribution is -2.56. The van der Waals surface area contributed by atoms with Crippen molar-refractivity contribution in [2.24, 2.45) is 11.8 Å². The number of carbonyl (C=O) groups excluding carboxylic acids is 1. The molecule has 0 spiro atoms. The molecule has 7 heteroatoms. The zero-order valence-corrected chi connectivity index (χ0v) is 10.00. The van der Waals surface area contributed by atoms with E-state index in [2.05, 4.69) is 15.0 Å². The quantitative estimate of drug-likeness (QED) is 0.816. The molecule has 1 unspecified atom stereocenters. The molecule has 2 N–H and O–H groups in total. The molecule has 1 aliphatic heterocycles. The van der Waals surface area contributed by atoms with Gasteiger partial charge in [-0.15, -0.1) is 0 Å². The highest BCUT2D eigenvalue weighted by Gasteiger charge is 2.37. The van der Waals surface area contributed by atoms with E-state index in [9.17, 15) is 9.59 Å². The summed E-state index contributed by atoms with van der Waals surface area (Å²) in [5.41, 5.74) is 0.652. The van der Waals surface area contributed by atoms with Gasteiger partial charge in [-0.25, -0.2) is 4.79 Å². The van der Waals surface area contributed by atoms with Crippen LogP contribution in [0, 0.1) is 11.8 Å². The third-order valence-electron chi connectivity index (χ3n) is 3.21. The van der Waals surface area contributed by atoms with E-state index in [0.717, 1.165) is 0 Å². The average Bonchev–Trinajstić information content (AvgIpc) is 2.76. The molecule has 1 atom stereocenters. The van der Waals surface area contributed by atoms with Crippen molar-refractivity contribution < 1.29 is 19.2 Å². The molecule has 0 radical (unpaired) electrons. The molecule has 18 heavy (non-hydrogen) atoms. The summed E-state index contributed by atoms with van der Waals surface area (Å²) < 4.78 is 4.64. The number of carbonyl (C=O) groups is 2. The molecule has 2 heterocycles. The molecule has 1 aromatic heterocycles. The predicted octanol–water partition coefficient (Wildman–Crippen LogP) is 0.537. The molecule has 0 saturated carbocycles. The van der Waals surface area contributed by atoms with E-state index in [0.29, 0.717) is 25.3 Å². The molecule has 2 amide bonds. The van der Waals surface area contributed by atoms with Crippen LogP contribution in [-0.4, -0.2) is 40.3 Å². The van der Waals surface area contributed by atoms with Crippen molar-refractivity contribution in [1.29, 1.82) is 0 Å². The summed E-state index contributed by atoms with van der Waals surface area (Å²) in [6.45, 7) is 2.94. The number of hydrogen-bond donors (Lipinski definition) is 2. The Balaban J connectivity index is 1.71. The van der Waals surface area contributed by atoms with Crippen LogP contribution in [0.1, 0.15) is 12.6 Å². The molecule has 0 bridgehead atoms. The highest BCUT2D eigenvalue weighted by molar-refractivity contribution is 5.76. The monoisotopic (exact) mass is 253 g/mol. The minimum absolute atomic E-state index is 0.0419. The second-order valence-corrected chi connectivity index (χ2v) is 4.44. The third-order valence-corrected chi connectivity index (χ3v) is 3.21. The Bertz CT molecular complexity index is 426. The van der Waals surface area contributed by atoms with Crippen LogP contribution >= 0.6 is 0 Å². The molecule has 1 saturated heterocycles. The highest BCUT2D eigenvalue weighted by atomic mass is 16.5. The summed E-state index contributed by atoms with van der Waals surface area (Å²) in [5.74, 6) is -1.19. The number of nitrogens with one attached hydrogen (secondary N) is 1. The van der Waals surface area contributed by atoms with Crippen LogP contribution in [0.25, 0.3) is 0 Å². The van der Waals surface area contributed by atoms with Gasteiger partial charge in [-0.05, 0) is 0 Å². The minimum Gasteiger partial charge on any atom is -0.481 e. The Morgan fingerprint density at radius 3 is 2.94 bits per heavy atom. The molecule has 1 aliphatic rings. The van der Waals surface area contributed by atoms with Gasteiger partial charge in [0.2, 0.25) is 0 Å². The Morgan fingerprint density at radius 1 is 1.67 bits per heavy atom. The number of nitrogens with zero attached hydrogens (tertiary/aromatic N) is 2. The van der Waals surface area contributed by atoms with Crippen LogP contribution in [0.3, 0.4) is 0 Å². The summed E-state index contributed by atoms with van der Waals surface area (Å²) in [6.07, 6.45) is 1.44. The van der Waals surface area contributed by atoms with Crippen molar-refractivity contribution in [3.63, 3.8) is 0 Å². The maximum atomic E-state index is 11.7. The summed E-state index contributed by atoms with van der Waals surface area (Å²) in [5, 5.41) is 15.2. The number of likely N-dealkylation sites (tertiary alicyclic amines) is 1. The molecular formula is C11H15N3O4. The van der Waals surface area contributed by atoms with E-state index in [-0.39, 0.29) is 11.9 Å². The van der Waals surface area contributed by atoms with Gasteiger partial charge in [0.25, 0.3) is 0 Å². The average molecular weight is 253 g/mol. The van der Waals surface area contributed by atoms with Gasteiger partial charge >= 0.3 is 12.0 Å². The Labute approximate surface area is 104 Å². The maximum Gasteiger partial charge on any atom is 0.317 e. The Morgan fingerprint density at radius 2 is 2.39 bits per heavy atom. The number of amides is 2. The standard InChI is InChI=1S/C11H15N3O4/c1-7(10(15)16)8-5-14(6-8)11(17)12-4-9-2-3-18-13-9/h2-3,7-8H,4-6H2,1H3,(H,12,17)(H,15,16). The predicted molar refractivity (Wildman–Crippen MR) is 60.6 cm³/mol. The highest BCUT2D eigenvalue weighted by Crippen LogP contribution is 2.23. The van der Waals surface area contributed by atoms with Gasteiger partial charge in [-0.2, -0.15) is 0 Å². The zero-order chi connectivity index (χ0) is 13.1. The van der Waals surface area contributed by atoms with Gasteiger partial charge in [0.1, 0.15) is 12.0 Å². The van der Waals surface area contributed by atoms with Gasteiger partial charge in [0, 0.05) is 25.1 Å². The van der Waals surface area contributed by atoms with Crippen LogP contribution in [0.5, 0.6) is 0 Å². The maximum absolute atomic E-state index is 11.7. The first kappa shape index (κ1) is 12.4. The van der Waals surface area contributed by atoms with E-state index in [1.54, 1.807) is 17.9 Å². The fourth-order valence-electron chi connectivity index (χ4n) is 1.80. The Hall–Kier alpha value is -2.05. The fourth-order valence-corrected chi connectivity index (χ4v) is 1.80. The van der Waals surface area contributed by atoms with E-state index < -0.39 is 11.9 Å². The van der Waals surface area contributed by atoms with Crippen molar-refractivity contribution in [1.82, 2.24) is 15.4 Å². The van der Waals surface area contributed by atoms with Gasteiger partial charge in [0.15, 0.2) is 0 Å². The lowest BCUT2D eigenvalue weighted by molar-refractivity contribution is -0.144. The van der Waals surface area contributed by atoms with Crippen LogP contribution in [0.4, 0.5) is 4.79 Å². The largest absolute Gasteiger partial charge is 0.481 e. The molecule has 98 valence electrons. The summed E-state index contributed by atoms with van der Waals surface area (Å²) in [6, 6.07) is 1.47. The number of aromatic nitrogens is 1. The van der Waals surface area contributed by atoms with Gasteiger partial charge < -0.3 is 19.8 Å². The normalized spacial score (nSPS) is 17.1. The number of carboxylic acid groups (broad SMARTS) is 1. The number of aliphatic carboxylic acids is 1. The Kier molecular flexibility index (Phi) is 3.50. The van der Waals surface area contributed by atoms with E-state index in [1.165, 1.54) is 6.26 Å². The summed E-state index contributed by atoms with van der Waals surface area (Å²) in [7, 11) is 0. The van der Waals surface area contributed by atoms with Crippen molar-refractivity contribution in [2.75, 3.05) is 13.1 Å². The van der Waals surface area contributed by atoms with Crippen molar-refractivity contribution in [3.05, 3.63) is 18.0 Å². The summed E-state index contributed by atoms with van der Waals surface area (Å²) >= 11 is 0. The molecule has 1 fully saturated rings. The minimum atomic E-state index is -0.817. The molecule has 0 aliphatic carbocycles. The van der Waals surface area contributed by atoms with Crippen LogP contribution in [-0.2, 0) is 11.3 Å². The topological polar surface area (TPSA) is 95.7 Å². The first-order chi connectivity index (χ1) is 8.58. The van der Waals surface area contributed by atoms with Crippen molar-refractivity contribution in [3.8, 4) is 0 Å². The molecular weight excluding hydrogens is 238 g/mol. The molecule has 7 nitrogen and oxygen atoms in total. The van der Waals surface area contributed by atoms with Crippen LogP contribution in [0.2, 0.25) is 0 Å². The fraction of sp³-hybridized carbons (Fsp3) is 0.545. The second-order valence-electron chi connectivity index (χ2n) is 4.44. The number of rotatable bonds is 4. The zero-order valence-electron chi connectivity index (χ0n) is 10.00. The van der Waals surface area contributed by atoms with Crippen LogP contribution in [0.15, 0.2) is 16.9 Å². The van der Waals surface area contributed by atoms with Gasteiger partial charge in [-0.1, -0.05) is 12.1 Å². The molecule has 2 rings (SSSR count). The first-order valence-electron chi connectivity index (χ1n) is 5.72.